The van der Waals surface area contributed by atoms with Crippen LogP contribution in [0.4, 0.5) is 0 Å². The summed E-state index contributed by atoms with van der Waals surface area (Å²) in [4.78, 5) is 12.7. The second-order valence-corrected chi connectivity index (χ2v) is 4.65. The lowest BCUT2D eigenvalue weighted by Gasteiger charge is -2.27. The highest BCUT2D eigenvalue weighted by atomic mass is 16.4. The molecule has 0 bridgehead atoms. The van der Waals surface area contributed by atoms with Crippen LogP contribution in [-0.4, -0.2) is 28.6 Å². The molecule has 1 N–H and O–H groups in total. The average molecular weight is 209 g/mol. The molecule has 3 heteroatoms. The van der Waals surface area contributed by atoms with Crippen LogP contribution >= 0.6 is 0 Å². The predicted molar refractivity (Wildman–Crippen MR) is 58.5 cm³/mol. The zero-order valence-corrected chi connectivity index (χ0v) is 9.06. The summed E-state index contributed by atoms with van der Waals surface area (Å²) in [5.74, 6) is -0.0296. The molecular weight excluding hydrogens is 190 g/mol. The number of likely N-dealkylation sites (tertiary alicyclic amines) is 1. The molecule has 1 aliphatic heterocycles. The maximum atomic E-state index is 10.5. The van der Waals surface area contributed by atoms with Crippen LogP contribution in [-0.2, 0) is 4.79 Å². The lowest BCUT2D eigenvalue weighted by atomic mass is 9.96. The first kappa shape index (κ1) is 10.5. The van der Waals surface area contributed by atoms with Crippen molar-refractivity contribution in [1.82, 2.24) is 4.90 Å². The normalized spacial score (nSPS) is 28.0. The highest BCUT2D eigenvalue weighted by molar-refractivity contribution is 5.79. The number of carboxylic acids is 1. The van der Waals surface area contributed by atoms with E-state index in [9.17, 15) is 4.79 Å². The first-order valence-electron chi connectivity index (χ1n) is 5.94. The molecule has 84 valence electrons. The summed E-state index contributed by atoms with van der Waals surface area (Å²) >= 11 is 0. The van der Waals surface area contributed by atoms with Crippen molar-refractivity contribution in [2.45, 2.75) is 44.6 Å². The monoisotopic (exact) mass is 209 g/mol. The Morgan fingerprint density at radius 1 is 1.20 bits per heavy atom. The lowest BCUT2D eigenvalue weighted by Crippen LogP contribution is -2.30. The van der Waals surface area contributed by atoms with E-state index in [1.165, 1.54) is 44.6 Å². The molecule has 1 unspecified atom stereocenters. The number of hydrogen-bond acceptors (Lipinski definition) is 2. The van der Waals surface area contributed by atoms with Gasteiger partial charge in [0.05, 0.1) is 0 Å². The van der Waals surface area contributed by atoms with Gasteiger partial charge in [0.1, 0.15) is 0 Å². The lowest BCUT2D eigenvalue weighted by molar-refractivity contribution is -0.131. The summed E-state index contributed by atoms with van der Waals surface area (Å²) in [6, 6.07) is 0.614. The second-order valence-electron chi connectivity index (χ2n) is 4.65. The highest BCUT2D eigenvalue weighted by Gasteiger charge is 2.31. The van der Waals surface area contributed by atoms with Gasteiger partial charge in [-0.25, -0.2) is 4.79 Å². The van der Waals surface area contributed by atoms with E-state index in [-0.39, 0.29) is 0 Å². The van der Waals surface area contributed by atoms with Crippen LogP contribution in [0.15, 0.2) is 12.3 Å². The molecule has 1 heterocycles. The topological polar surface area (TPSA) is 40.5 Å². The summed E-state index contributed by atoms with van der Waals surface area (Å²) in [6.45, 7) is 1.03. The van der Waals surface area contributed by atoms with Crippen LogP contribution < -0.4 is 0 Å². The summed E-state index contributed by atoms with van der Waals surface area (Å²) in [5, 5.41) is 8.61. The fourth-order valence-corrected chi connectivity index (χ4v) is 3.01. The zero-order chi connectivity index (χ0) is 10.7. The Morgan fingerprint density at radius 2 is 1.93 bits per heavy atom. The third kappa shape index (κ3) is 2.52. The van der Waals surface area contributed by atoms with Crippen molar-refractivity contribution in [3.8, 4) is 0 Å². The van der Waals surface area contributed by atoms with E-state index in [1.807, 2.05) is 0 Å². The molecular formula is C12H19NO2. The molecule has 1 aliphatic carbocycles. The first-order chi connectivity index (χ1) is 7.27. The van der Waals surface area contributed by atoms with Gasteiger partial charge in [-0.3, -0.25) is 0 Å². The Hall–Kier alpha value is -0.990. The molecule has 0 aromatic heterocycles. The van der Waals surface area contributed by atoms with E-state index in [2.05, 4.69) is 4.90 Å². The van der Waals surface area contributed by atoms with E-state index in [1.54, 1.807) is 6.20 Å². The predicted octanol–water partition coefficient (Wildman–Crippen LogP) is 2.24. The molecule has 2 fully saturated rings. The van der Waals surface area contributed by atoms with Gasteiger partial charge in [-0.15, -0.1) is 0 Å². The minimum atomic E-state index is -0.841. The van der Waals surface area contributed by atoms with Gasteiger partial charge in [0.15, 0.2) is 0 Å². The molecule has 0 amide bonds. The first-order valence-corrected chi connectivity index (χ1v) is 5.94. The summed E-state index contributed by atoms with van der Waals surface area (Å²) in [7, 11) is 0. The smallest absolute Gasteiger partial charge is 0.329 e. The number of aliphatic carboxylic acids is 1. The van der Waals surface area contributed by atoms with Gasteiger partial charge in [-0.05, 0) is 31.6 Å². The maximum Gasteiger partial charge on any atom is 0.329 e. The molecule has 0 aromatic rings. The highest BCUT2D eigenvalue weighted by Crippen LogP contribution is 2.35. The Bertz CT molecular complexity index is 256. The number of nitrogens with zero attached hydrogens (tertiary/aromatic N) is 1. The third-order valence-corrected chi connectivity index (χ3v) is 3.69. The van der Waals surface area contributed by atoms with E-state index in [0.717, 1.165) is 12.5 Å². The van der Waals surface area contributed by atoms with Crippen LogP contribution in [0.3, 0.4) is 0 Å². The van der Waals surface area contributed by atoms with Gasteiger partial charge in [0, 0.05) is 24.9 Å². The standard InChI is InChI=1S/C12H19NO2/c14-12(15)7-9-13-8-3-6-11(13)10-4-1-2-5-10/h7,9-11H,1-6,8H2,(H,14,15). The van der Waals surface area contributed by atoms with Crippen molar-refractivity contribution in [3.63, 3.8) is 0 Å². The van der Waals surface area contributed by atoms with Gasteiger partial charge in [0.2, 0.25) is 0 Å². The van der Waals surface area contributed by atoms with E-state index in [0.29, 0.717) is 6.04 Å². The van der Waals surface area contributed by atoms with Crippen molar-refractivity contribution in [2.75, 3.05) is 6.54 Å². The summed E-state index contributed by atoms with van der Waals surface area (Å²) < 4.78 is 0. The van der Waals surface area contributed by atoms with Crippen LogP contribution in [0.2, 0.25) is 0 Å². The molecule has 0 spiro atoms. The summed E-state index contributed by atoms with van der Waals surface area (Å²) in [5.41, 5.74) is 0. The molecule has 1 saturated heterocycles. The SMILES string of the molecule is O=C(O)C=CN1CCCC1C1CCCC1. The van der Waals surface area contributed by atoms with Gasteiger partial charge >= 0.3 is 5.97 Å². The maximum absolute atomic E-state index is 10.5. The number of carbonyl (C=O) groups is 1. The molecule has 15 heavy (non-hydrogen) atoms. The van der Waals surface area contributed by atoms with Gasteiger partial charge in [0.25, 0.3) is 0 Å². The van der Waals surface area contributed by atoms with Gasteiger partial charge in [-0.1, -0.05) is 12.8 Å². The van der Waals surface area contributed by atoms with Crippen LogP contribution in [0.5, 0.6) is 0 Å². The fourth-order valence-electron chi connectivity index (χ4n) is 3.01. The number of hydrogen-bond donors (Lipinski definition) is 1. The number of carboxylic acid groups (broad SMARTS) is 1. The van der Waals surface area contributed by atoms with Crippen LogP contribution in [0, 0.1) is 5.92 Å². The molecule has 1 atom stereocenters. The molecule has 2 rings (SSSR count). The number of rotatable bonds is 3. The second kappa shape index (κ2) is 4.69. The molecule has 1 saturated carbocycles. The Balaban J connectivity index is 1.95. The third-order valence-electron chi connectivity index (χ3n) is 3.69. The van der Waals surface area contributed by atoms with Crippen LogP contribution in [0.1, 0.15) is 38.5 Å². The summed E-state index contributed by atoms with van der Waals surface area (Å²) in [6.07, 6.45) is 10.9. The van der Waals surface area contributed by atoms with E-state index in [4.69, 9.17) is 5.11 Å². The Morgan fingerprint density at radius 3 is 2.60 bits per heavy atom. The quantitative estimate of drug-likeness (QED) is 0.725. The van der Waals surface area contributed by atoms with Crippen molar-refractivity contribution >= 4 is 5.97 Å². The molecule has 0 aromatic carbocycles. The van der Waals surface area contributed by atoms with Gasteiger partial charge < -0.3 is 10.0 Å². The van der Waals surface area contributed by atoms with Crippen molar-refractivity contribution in [2.24, 2.45) is 5.92 Å². The van der Waals surface area contributed by atoms with E-state index >= 15 is 0 Å². The molecule has 3 nitrogen and oxygen atoms in total. The van der Waals surface area contributed by atoms with Crippen molar-refractivity contribution in [3.05, 3.63) is 12.3 Å². The minimum absolute atomic E-state index is 0.614. The molecule has 0 radical (unpaired) electrons. The Labute approximate surface area is 90.8 Å². The van der Waals surface area contributed by atoms with Crippen molar-refractivity contribution in [1.29, 1.82) is 0 Å². The largest absolute Gasteiger partial charge is 0.478 e. The van der Waals surface area contributed by atoms with Crippen molar-refractivity contribution < 1.29 is 9.90 Å². The fraction of sp³-hybridized carbons (Fsp3) is 0.750. The average Bonchev–Trinajstić information content (AvgIpc) is 2.85. The molecule has 2 aliphatic rings. The van der Waals surface area contributed by atoms with Crippen LogP contribution in [0.25, 0.3) is 0 Å². The van der Waals surface area contributed by atoms with Gasteiger partial charge in [-0.2, -0.15) is 0 Å². The van der Waals surface area contributed by atoms with E-state index < -0.39 is 5.97 Å². The minimum Gasteiger partial charge on any atom is -0.478 e. The Kier molecular flexibility index (Phi) is 3.29. The zero-order valence-electron chi connectivity index (χ0n) is 9.06.